The predicted octanol–water partition coefficient (Wildman–Crippen LogP) is 2.53. The normalized spacial score (nSPS) is 22.8. The second-order valence-electron chi connectivity index (χ2n) is 6.19. The van der Waals surface area contributed by atoms with E-state index in [1.807, 2.05) is 29.2 Å². The SMILES string of the molecule is CC1(CN)CCN(C(=O)CCCS(=O)c2ccc(Br)cc2)C1. The zero-order valence-corrected chi connectivity index (χ0v) is 15.3. The fourth-order valence-electron chi connectivity index (χ4n) is 2.62. The summed E-state index contributed by atoms with van der Waals surface area (Å²) in [5.74, 6) is 0.681. The molecule has 2 rings (SSSR count). The van der Waals surface area contributed by atoms with E-state index in [0.29, 0.717) is 25.1 Å². The largest absolute Gasteiger partial charge is 0.342 e. The standard InChI is InChI=1S/C16H23BrN2O2S/c1-16(11-18)8-9-19(12-16)15(20)3-2-10-22(21)14-6-4-13(17)5-7-14/h4-7H,2-3,8-12,18H2,1H3. The van der Waals surface area contributed by atoms with Crippen LogP contribution in [0.4, 0.5) is 0 Å². The maximum Gasteiger partial charge on any atom is 0.222 e. The maximum atomic E-state index is 12.2. The van der Waals surface area contributed by atoms with Crippen LogP contribution in [0.25, 0.3) is 0 Å². The third kappa shape index (κ3) is 4.64. The van der Waals surface area contributed by atoms with Crippen LogP contribution in [0.5, 0.6) is 0 Å². The third-order valence-corrected chi connectivity index (χ3v) is 6.19. The Morgan fingerprint density at radius 1 is 1.41 bits per heavy atom. The van der Waals surface area contributed by atoms with Gasteiger partial charge in [0.1, 0.15) is 0 Å². The first kappa shape index (κ1) is 17.6. The van der Waals surface area contributed by atoms with Gasteiger partial charge in [0.25, 0.3) is 0 Å². The van der Waals surface area contributed by atoms with Gasteiger partial charge in [0.05, 0.1) is 10.8 Å². The van der Waals surface area contributed by atoms with Crippen molar-refractivity contribution in [2.24, 2.45) is 11.1 Å². The van der Waals surface area contributed by atoms with Crippen LogP contribution in [0.15, 0.2) is 33.6 Å². The van der Waals surface area contributed by atoms with Crippen LogP contribution in [-0.2, 0) is 15.6 Å². The van der Waals surface area contributed by atoms with E-state index in [9.17, 15) is 9.00 Å². The Labute approximate surface area is 143 Å². The van der Waals surface area contributed by atoms with Gasteiger partial charge in [-0.05, 0) is 49.1 Å². The summed E-state index contributed by atoms with van der Waals surface area (Å²) in [6.45, 7) is 4.29. The highest BCUT2D eigenvalue weighted by molar-refractivity contribution is 9.10. The van der Waals surface area contributed by atoms with Gasteiger partial charge in [-0.1, -0.05) is 22.9 Å². The van der Waals surface area contributed by atoms with Crippen molar-refractivity contribution >= 4 is 32.6 Å². The summed E-state index contributed by atoms with van der Waals surface area (Å²) in [4.78, 5) is 14.9. The number of nitrogens with zero attached hydrogens (tertiary/aromatic N) is 1. The first-order valence-electron chi connectivity index (χ1n) is 7.55. The molecule has 2 atom stereocenters. The van der Waals surface area contributed by atoms with Crippen molar-refractivity contribution in [1.29, 1.82) is 0 Å². The molecule has 1 aromatic rings. The van der Waals surface area contributed by atoms with E-state index >= 15 is 0 Å². The number of benzene rings is 1. The molecule has 0 aromatic heterocycles. The van der Waals surface area contributed by atoms with Crippen LogP contribution in [0.3, 0.4) is 0 Å². The molecule has 0 radical (unpaired) electrons. The van der Waals surface area contributed by atoms with E-state index < -0.39 is 10.8 Å². The molecule has 0 bridgehead atoms. The minimum Gasteiger partial charge on any atom is -0.342 e. The number of carbonyl (C=O) groups excluding carboxylic acids is 1. The van der Waals surface area contributed by atoms with E-state index in [-0.39, 0.29) is 11.3 Å². The molecular weight excluding hydrogens is 364 g/mol. The fourth-order valence-corrected chi connectivity index (χ4v) is 3.97. The van der Waals surface area contributed by atoms with E-state index in [4.69, 9.17) is 5.73 Å². The van der Waals surface area contributed by atoms with Crippen molar-refractivity contribution in [2.45, 2.75) is 31.1 Å². The first-order valence-corrected chi connectivity index (χ1v) is 9.66. The van der Waals surface area contributed by atoms with Crippen LogP contribution in [-0.4, -0.2) is 40.4 Å². The Balaban J connectivity index is 1.75. The molecule has 0 saturated carbocycles. The third-order valence-electron chi connectivity index (χ3n) is 4.20. The molecular formula is C16H23BrN2O2S. The molecule has 0 aliphatic carbocycles. The number of likely N-dealkylation sites (tertiary alicyclic amines) is 1. The highest BCUT2D eigenvalue weighted by atomic mass is 79.9. The van der Waals surface area contributed by atoms with E-state index in [2.05, 4.69) is 22.9 Å². The maximum absolute atomic E-state index is 12.2. The Morgan fingerprint density at radius 3 is 2.68 bits per heavy atom. The summed E-state index contributed by atoms with van der Waals surface area (Å²) >= 11 is 3.36. The molecule has 22 heavy (non-hydrogen) atoms. The minimum atomic E-state index is -1.04. The molecule has 2 N–H and O–H groups in total. The molecule has 1 amide bonds. The van der Waals surface area contributed by atoms with Gasteiger partial charge in [0.2, 0.25) is 5.91 Å². The van der Waals surface area contributed by atoms with Crippen molar-refractivity contribution in [3.63, 3.8) is 0 Å². The Morgan fingerprint density at radius 2 is 2.09 bits per heavy atom. The van der Waals surface area contributed by atoms with Crippen molar-refractivity contribution < 1.29 is 9.00 Å². The molecule has 6 heteroatoms. The first-order chi connectivity index (χ1) is 10.4. The summed E-state index contributed by atoms with van der Waals surface area (Å²) in [5, 5.41) is 0. The van der Waals surface area contributed by atoms with Crippen LogP contribution < -0.4 is 5.73 Å². The number of hydrogen-bond donors (Lipinski definition) is 1. The smallest absolute Gasteiger partial charge is 0.222 e. The molecule has 1 aromatic carbocycles. The molecule has 1 heterocycles. The molecule has 1 saturated heterocycles. The molecule has 1 aliphatic rings. The average Bonchev–Trinajstić information content (AvgIpc) is 2.91. The second kappa shape index (κ2) is 7.70. The molecule has 1 fully saturated rings. The number of carbonyl (C=O) groups is 1. The zero-order chi connectivity index (χ0) is 16.2. The lowest BCUT2D eigenvalue weighted by Gasteiger charge is -2.22. The monoisotopic (exact) mass is 386 g/mol. The quantitative estimate of drug-likeness (QED) is 0.816. The predicted molar refractivity (Wildman–Crippen MR) is 93.0 cm³/mol. The van der Waals surface area contributed by atoms with Gasteiger partial charge in [0, 0.05) is 34.6 Å². The second-order valence-corrected chi connectivity index (χ2v) is 8.67. The van der Waals surface area contributed by atoms with Gasteiger partial charge in [-0.25, -0.2) is 0 Å². The van der Waals surface area contributed by atoms with Crippen LogP contribution in [0.2, 0.25) is 0 Å². The van der Waals surface area contributed by atoms with Crippen molar-refractivity contribution in [2.75, 3.05) is 25.4 Å². The van der Waals surface area contributed by atoms with Gasteiger partial charge in [-0.3, -0.25) is 9.00 Å². The number of rotatable bonds is 6. The fraction of sp³-hybridized carbons (Fsp3) is 0.562. The van der Waals surface area contributed by atoms with Crippen LogP contribution in [0, 0.1) is 5.41 Å². The van der Waals surface area contributed by atoms with E-state index in [0.717, 1.165) is 28.9 Å². The lowest BCUT2D eigenvalue weighted by atomic mass is 9.90. The van der Waals surface area contributed by atoms with E-state index in [1.54, 1.807) is 0 Å². The van der Waals surface area contributed by atoms with Gasteiger partial charge in [0.15, 0.2) is 0 Å². The van der Waals surface area contributed by atoms with Gasteiger partial charge >= 0.3 is 0 Å². The van der Waals surface area contributed by atoms with Crippen molar-refractivity contribution in [3.05, 3.63) is 28.7 Å². The van der Waals surface area contributed by atoms with Gasteiger partial charge in [-0.2, -0.15) is 0 Å². The number of halogens is 1. The van der Waals surface area contributed by atoms with Crippen molar-refractivity contribution in [1.82, 2.24) is 4.90 Å². The van der Waals surface area contributed by atoms with Crippen LogP contribution >= 0.6 is 15.9 Å². The summed E-state index contributed by atoms with van der Waals surface area (Å²) in [6.07, 6.45) is 2.08. The molecule has 4 nitrogen and oxygen atoms in total. The van der Waals surface area contributed by atoms with Gasteiger partial charge < -0.3 is 10.6 Å². The summed E-state index contributed by atoms with van der Waals surface area (Å²) in [7, 11) is -1.04. The molecule has 1 aliphatic heterocycles. The molecule has 0 spiro atoms. The average molecular weight is 387 g/mol. The van der Waals surface area contributed by atoms with E-state index in [1.165, 1.54) is 0 Å². The number of amides is 1. The highest BCUT2D eigenvalue weighted by Crippen LogP contribution is 2.28. The molecule has 2 unspecified atom stereocenters. The topological polar surface area (TPSA) is 63.4 Å². The molecule has 122 valence electrons. The van der Waals surface area contributed by atoms with Crippen molar-refractivity contribution in [3.8, 4) is 0 Å². The lowest BCUT2D eigenvalue weighted by Crippen LogP contribution is -2.34. The van der Waals surface area contributed by atoms with Gasteiger partial charge in [-0.15, -0.1) is 0 Å². The number of nitrogens with two attached hydrogens (primary N) is 1. The Kier molecular flexibility index (Phi) is 6.17. The lowest BCUT2D eigenvalue weighted by molar-refractivity contribution is -0.130. The Hall–Kier alpha value is -0.720. The zero-order valence-electron chi connectivity index (χ0n) is 12.9. The summed E-state index contributed by atoms with van der Waals surface area (Å²) in [6, 6.07) is 7.48. The Bertz CT molecular complexity index is 550. The highest BCUT2D eigenvalue weighted by Gasteiger charge is 2.34. The summed E-state index contributed by atoms with van der Waals surface area (Å²) < 4.78 is 13.1. The summed E-state index contributed by atoms with van der Waals surface area (Å²) in [5.41, 5.74) is 5.83. The number of hydrogen-bond acceptors (Lipinski definition) is 3. The minimum absolute atomic E-state index is 0.0654. The van der Waals surface area contributed by atoms with Crippen LogP contribution in [0.1, 0.15) is 26.2 Å².